The maximum absolute atomic E-state index is 12.6. The Morgan fingerprint density at radius 2 is 2.11 bits per heavy atom. The molecule has 2 amide bonds. The van der Waals surface area contributed by atoms with E-state index in [4.69, 9.17) is 9.84 Å². The number of carbonyl (C=O) groups is 2. The Bertz CT molecular complexity index is 782. The standard InChI is InChI=1S/C20H23N3O4/c24-19(25)15-6-5-7-16(14-15)27-13-11-22-20(26)23-12-4-2-9-18(23)17-8-1-3-10-21-17/h1,3,5-8,10,14,18H,2,4,9,11-13H2,(H,22,26)(H,24,25)/t18-/m1/s1. The minimum Gasteiger partial charge on any atom is -0.492 e. The highest BCUT2D eigenvalue weighted by atomic mass is 16.5. The molecule has 0 saturated carbocycles. The number of aromatic carboxylic acids is 1. The monoisotopic (exact) mass is 369 g/mol. The summed E-state index contributed by atoms with van der Waals surface area (Å²) in [7, 11) is 0. The number of hydrogen-bond donors (Lipinski definition) is 2. The van der Waals surface area contributed by atoms with Crippen molar-refractivity contribution in [2.45, 2.75) is 25.3 Å². The lowest BCUT2D eigenvalue weighted by Gasteiger charge is -2.35. The summed E-state index contributed by atoms with van der Waals surface area (Å²) in [5, 5.41) is 11.9. The number of nitrogens with one attached hydrogen (secondary N) is 1. The molecule has 2 aromatic rings. The first-order valence-electron chi connectivity index (χ1n) is 9.07. The van der Waals surface area contributed by atoms with Crippen LogP contribution in [0.1, 0.15) is 41.4 Å². The van der Waals surface area contributed by atoms with Crippen LogP contribution < -0.4 is 10.1 Å². The second-order valence-electron chi connectivity index (χ2n) is 6.37. The van der Waals surface area contributed by atoms with Crippen molar-refractivity contribution in [3.05, 3.63) is 59.9 Å². The number of amides is 2. The zero-order valence-electron chi connectivity index (χ0n) is 15.0. The topological polar surface area (TPSA) is 91.8 Å². The van der Waals surface area contributed by atoms with Gasteiger partial charge in [0, 0.05) is 12.7 Å². The second-order valence-corrected chi connectivity index (χ2v) is 6.37. The van der Waals surface area contributed by atoms with Crippen LogP contribution in [0.25, 0.3) is 0 Å². The first kappa shape index (κ1) is 18.7. The molecule has 142 valence electrons. The SMILES string of the molecule is O=C(O)c1cccc(OCCNC(=O)N2CCCC[C@@H]2c2ccccn2)c1. The van der Waals surface area contributed by atoms with Gasteiger partial charge in [-0.1, -0.05) is 12.1 Å². The average Bonchev–Trinajstić information content (AvgIpc) is 2.72. The van der Waals surface area contributed by atoms with Gasteiger partial charge in [0.25, 0.3) is 0 Å². The maximum Gasteiger partial charge on any atom is 0.335 e. The lowest BCUT2D eigenvalue weighted by Crippen LogP contribution is -2.45. The van der Waals surface area contributed by atoms with Gasteiger partial charge >= 0.3 is 12.0 Å². The summed E-state index contributed by atoms with van der Waals surface area (Å²) in [6.45, 7) is 1.30. The molecule has 3 rings (SSSR count). The van der Waals surface area contributed by atoms with Crippen LogP contribution in [0.15, 0.2) is 48.7 Å². The molecule has 2 N–H and O–H groups in total. The summed E-state index contributed by atoms with van der Waals surface area (Å²) in [5.74, 6) is -0.534. The van der Waals surface area contributed by atoms with Crippen molar-refractivity contribution < 1.29 is 19.4 Å². The molecule has 0 radical (unpaired) electrons. The number of carboxylic acid groups (broad SMARTS) is 1. The van der Waals surface area contributed by atoms with E-state index in [0.29, 0.717) is 18.8 Å². The first-order valence-corrected chi connectivity index (χ1v) is 9.07. The lowest BCUT2D eigenvalue weighted by atomic mass is 9.99. The number of benzene rings is 1. The number of rotatable bonds is 6. The number of pyridine rings is 1. The Balaban J connectivity index is 1.51. The third-order valence-corrected chi connectivity index (χ3v) is 4.52. The second kappa shape index (κ2) is 9.02. The van der Waals surface area contributed by atoms with Gasteiger partial charge in [0.1, 0.15) is 12.4 Å². The minimum absolute atomic E-state index is 0.00637. The minimum atomic E-state index is -1.00. The van der Waals surface area contributed by atoms with Crippen LogP contribution in [-0.4, -0.2) is 46.7 Å². The summed E-state index contributed by atoms with van der Waals surface area (Å²) in [6.07, 6.45) is 4.71. The summed E-state index contributed by atoms with van der Waals surface area (Å²) in [6, 6.07) is 11.9. The van der Waals surface area contributed by atoms with E-state index in [1.807, 2.05) is 23.1 Å². The fourth-order valence-corrected chi connectivity index (χ4v) is 3.20. The lowest BCUT2D eigenvalue weighted by molar-refractivity contribution is 0.0696. The van der Waals surface area contributed by atoms with Crippen LogP contribution in [-0.2, 0) is 0 Å². The van der Waals surface area contributed by atoms with E-state index in [2.05, 4.69) is 10.3 Å². The van der Waals surface area contributed by atoms with Crippen LogP contribution in [0.5, 0.6) is 5.75 Å². The number of nitrogens with zero attached hydrogens (tertiary/aromatic N) is 2. The molecule has 1 saturated heterocycles. The quantitative estimate of drug-likeness (QED) is 0.764. The van der Waals surface area contributed by atoms with E-state index in [9.17, 15) is 9.59 Å². The van der Waals surface area contributed by atoms with Gasteiger partial charge in [-0.3, -0.25) is 4.98 Å². The van der Waals surface area contributed by atoms with Crippen molar-refractivity contribution in [1.29, 1.82) is 0 Å². The molecule has 27 heavy (non-hydrogen) atoms. The molecule has 1 fully saturated rings. The predicted octanol–water partition coefficient (Wildman–Crippen LogP) is 3.10. The van der Waals surface area contributed by atoms with Crippen molar-refractivity contribution >= 4 is 12.0 Å². The van der Waals surface area contributed by atoms with Crippen molar-refractivity contribution in [2.75, 3.05) is 19.7 Å². The van der Waals surface area contributed by atoms with E-state index in [1.165, 1.54) is 12.1 Å². The summed E-state index contributed by atoms with van der Waals surface area (Å²) in [4.78, 5) is 29.8. The van der Waals surface area contributed by atoms with Gasteiger partial charge in [-0.05, 0) is 49.6 Å². The molecule has 0 spiro atoms. The highest BCUT2D eigenvalue weighted by Gasteiger charge is 2.28. The van der Waals surface area contributed by atoms with Crippen molar-refractivity contribution in [3.8, 4) is 5.75 Å². The molecule has 0 aliphatic carbocycles. The van der Waals surface area contributed by atoms with E-state index >= 15 is 0 Å². The zero-order valence-corrected chi connectivity index (χ0v) is 15.0. The van der Waals surface area contributed by atoms with Gasteiger partial charge in [-0.25, -0.2) is 9.59 Å². The fraction of sp³-hybridized carbons (Fsp3) is 0.350. The van der Waals surface area contributed by atoms with Gasteiger partial charge < -0.3 is 20.1 Å². The molecule has 0 bridgehead atoms. The Morgan fingerprint density at radius 3 is 2.89 bits per heavy atom. The van der Waals surface area contributed by atoms with Gasteiger partial charge in [0.2, 0.25) is 0 Å². The van der Waals surface area contributed by atoms with Gasteiger partial charge in [0.15, 0.2) is 0 Å². The number of aromatic nitrogens is 1. The molecule has 1 aliphatic heterocycles. The van der Waals surface area contributed by atoms with Gasteiger partial charge in [0.05, 0.1) is 23.8 Å². The normalized spacial score (nSPS) is 16.6. The van der Waals surface area contributed by atoms with Gasteiger partial charge in [-0.2, -0.15) is 0 Å². The highest BCUT2D eigenvalue weighted by Crippen LogP contribution is 2.29. The number of ether oxygens (including phenoxy) is 1. The van der Waals surface area contributed by atoms with Gasteiger partial charge in [-0.15, -0.1) is 0 Å². The number of carboxylic acids is 1. The number of urea groups is 1. The number of likely N-dealkylation sites (tertiary alicyclic amines) is 1. The molecular weight excluding hydrogens is 346 g/mol. The summed E-state index contributed by atoms with van der Waals surface area (Å²) in [5.41, 5.74) is 1.08. The molecule has 1 aromatic carbocycles. The van der Waals surface area contributed by atoms with Crippen LogP contribution >= 0.6 is 0 Å². The molecule has 0 unspecified atom stereocenters. The van der Waals surface area contributed by atoms with Crippen molar-refractivity contribution in [1.82, 2.24) is 15.2 Å². The highest BCUT2D eigenvalue weighted by molar-refractivity contribution is 5.88. The number of carbonyl (C=O) groups excluding carboxylic acids is 1. The molecule has 1 aromatic heterocycles. The third kappa shape index (κ3) is 4.97. The number of hydrogen-bond acceptors (Lipinski definition) is 4. The van der Waals surface area contributed by atoms with Crippen molar-refractivity contribution in [3.63, 3.8) is 0 Å². The predicted molar refractivity (Wildman–Crippen MR) is 99.8 cm³/mol. The molecule has 7 heteroatoms. The Hall–Kier alpha value is -3.09. The van der Waals surface area contributed by atoms with E-state index < -0.39 is 5.97 Å². The van der Waals surface area contributed by atoms with Crippen LogP contribution in [0.3, 0.4) is 0 Å². The molecule has 1 atom stereocenters. The summed E-state index contributed by atoms with van der Waals surface area (Å²) >= 11 is 0. The average molecular weight is 369 g/mol. The maximum atomic E-state index is 12.6. The molecule has 7 nitrogen and oxygen atoms in total. The molecule has 2 heterocycles. The van der Waals surface area contributed by atoms with E-state index in [0.717, 1.165) is 25.0 Å². The van der Waals surface area contributed by atoms with Crippen LogP contribution in [0, 0.1) is 0 Å². The Labute approximate surface area is 158 Å². The fourth-order valence-electron chi connectivity index (χ4n) is 3.20. The van der Waals surface area contributed by atoms with E-state index in [1.54, 1.807) is 18.3 Å². The van der Waals surface area contributed by atoms with Crippen molar-refractivity contribution in [2.24, 2.45) is 0 Å². The number of piperidine rings is 1. The Morgan fingerprint density at radius 1 is 1.22 bits per heavy atom. The van der Waals surface area contributed by atoms with E-state index in [-0.39, 0.29) is 24.2 Å². The summed E-state index contributed by atoms with van der Waals surface area (Å²) < 4.78 is 5.54. The molecular formula is C20H23N3O4. The smallest absolute Gasteiger partial charge is 0.335 e. The van der Waals surface area contributed by atoms with Crippen LogP contribution in [0.2, 0.25) is 0 Å². The Kier molecular flexibility index (Phi) is 6.25. The first-order chi connectivity index (χ1) is 13.1. The molecule has 1 aliphatic rings. The largest absolute Gasteiger partial charge is 0.492 e. The van der Waals surface area contributed by atoms with Crippen LogP contribution in [0.4, 0.5) is 4.79 Å². The zero-order chi connectivity index (χ0) is 19.1. The third-order valence-electron chi connectivity index (χ3n) is 4.52.